The van der Waals surface area contributed by atoms with Crippen LogP contribution in [-0.2, 0) is 9.53 Å². The third kappa shape index (κ3) is 4.96. The Balaban J connectivity index is 2.74. The predicted molar refractivity (Wildman–Crippen MR) is 71.6 cm³/mol. The average molecular weight is 331 g/mol. The van der Waals surface area contributed by atoms with Crippen LogP contribution in [0.5, 0.6) is 0 Å². The van der Waals surface area contributed by atoms with Crippen LogP contribution in [0.15, 0.2) is 22.9 Å². The number of halogens is 1. The van der Waals surface area contributed by atoms with E-state index in [2.05, 4.69) is 25.7 Å². The highest BCUT2D eigenvalue weighted by Gasteiger charge is 2.17. The predicted octanol–water partition coefficient (Wildman–Crippen LogP) is 0.842. The summed E-state index contributed by atoms with van der Waals surface area (Å²) in [6.45, 7) is 0.176. The fourth-order valence-corrected chi connectivity index (χ4v) is 1.84. The first-order chi connectivity index (χ1) is 9.08. The Kier molecular flexibility index (Phi) is 6.44. The van der Waals surface area contributed by atoms with Gasteiger partial charge >= 0.3 is 5.97 Å². The highest BCUT2D eigenvalue weighted by Crippen LogP contribution is 2.12. The van der Waals surface area contributed by atoms with Crippen LogP contribution in [0.4, 0.5) is 0 Å². The summed E-state index contributed by atoms with van der Waals surface area (Å²) >= 11 is 3.24. The van der Waals surface area contributed by atoms with Crippen molar-refractivity contribution in [3.8, 4) is 0 Å². The van der Waals surface area contributed by atoms with Gasteiger partial charge in [-0.2, -0.15) is 0 Å². The number of hydrogen-bond donors (Lipinski definition) is 1. The van der Waals surface area contributed by atoms with Crippen molar-refractivity contribution in [3.63, 3.8) is 0 Å². The fraction of sp³-hybridized carbons (Fsp3) is 0.417. The van der Waals surface area contributed by atoms with Crippen molar-refractivity contribution in [3.05, 3.63) is 28.5 Å². The summed E-state index contributed by atoms with van der Waals surface area (Å²) in [5.74, 6) is -0.685. The Hall–Kier alpha value is -1.47. The number of nitrogens with zero attached hydrogens (tertiary/aromatic N) is 2. The minimum absolute atomic E-state index is 0.0870. The summed E-state index contributed by atoms with van der Waals surface area (Å²) in [6, 6.07) is 1.64. The molecule has 1 aromatic heterocycles. The average Bonchev–Trinajstić information content (AvgIpc) is 2.42. The van der Waals surface area contributed by atoms with Gasteiger partial charge in [-0.1, -0.05) is 0 Å². The van der Waals surface area contributed by atoms with Gasteiger partial charge in [0.25, 0.3) is 5.91 Å². The zero-order valence-corrected chi connectivity index (χ0v) is 12.1. The molecular formula is C12H15BrN2O4. The summed E-state index contributed by atoms with van der Waals surface area (Å²) in [6.07, 6.45) is 3.10. The molecule has 0 aliphatic rings. The molecule has 1 heterocycles. The first-order valence-corrected chi connectivity index (χ1v) is 6.45. The Morgan fingerprint density at radius 3 is 2.74 bits per heavy atom. The maximum atomic E-state index is 12.2. The Morgan fingerprint density at radius 2 is 2.16 bits per heavy atom. The van der Waals surface area contributed by atoms with Crippen molar-refractivity contribution < 1.29 is 19.4 Å². The second-order valence-electron chi connectivity index (χ2n) is 3.73. The van der Waals surface area contributed by atoms with Crippen LogP contribution in [0.1, 0.15) is 16.8 Å². The van der Waals surface area contributed by atoms with Gasteiger partial charge in [0, 0.05) is 30.0 Å². The molecule has 1 rings (SSSR count). The molecule has 19 heavy (non-hydrogen) atoms. The van der Waals surface area contributed by atoms with Crippen LogP contribution in [0.25, 0.3) is 0 Å². The van der Waals surface area contributed by atoms with Crippen LogP contribution in [-0.4, -0.2) is 53.7 Å². The number of pyridine rings is 1. The molecule has 0 aromatic carbocycles. The van der Waals surface area contributed by atoms with E-state index in [1.165, 1.54) is 18.2 Å². The van der Waals surface area contributed by atoms with Crippen molar-refractivity contribution in [2.45, 2.75) is 6.42 Å². The van der Waals surface area contributed by atoms with Crippen LogP contribution < -0.4 is 0 Å². The topological polar surface area (TPSA) is 79.7 Å². The van der Waals surface area contributed by atoms with E-state index in [1.54, 1.807) is 12.3 Å². The van der Waals surface area contributed by atoms with E-state index >= 15 is 0 Å². The minimum Gasteiger partial charge on any atom is -0.469 e. The van der Waals surface area contributed by atoms with Gasteiger partial charge in [0.15, 0.2) is 0 Å². The van der Waals surface area contributed by atoms with Crippen LogP contribution in [0.3, 0.4) is 0 Å². The van der Waals surface area contributed by atoms with Gasteiger partial charge in [0.2, 0.25) is 0 Å². The zero-order chi connectivity index (χ0) is 14.3. The second kappa shape index (κ2) is 7.85. The van der Waals surface area contributed by atoms with Crippen LogP contribution in [0, 0.1) is 0 Å². The maximum absolute atomic E-state index is 12.2. The molecule has 6 nitrogen and oxygen atoms in total. The summed E-state index contributed by atoms with van der Waals surface area (Å²) in [7, 11) is 1.29. The van der Waals surface area contributed by atoms with Gasteiger partial charge in [-0.25, -0.2) is 0 Å². The van der Waals surface area contributed by atoms with Crippen molar-refractivity contribution >= 4 is 27.8 Å². The molecule has 0 aliphatic carbocycles. The number of ether oxygens (including phenoxy) is 1. The number of carbonyl (C=O) groups excluding carboxylic acids is 2. The van der Waals surface area contributed by atoms with E-state index in [-0.39, 0.29) is 32.0 Å². The molecule has 0 atom stereocenters. The van der Waals surface area contributed by atoms with E-state index in [0.717, 1.165) is 0 Å². The number of amides is 1. The lowest BCUT2D eigenvalue weighted by molar-refractivity contribution is -0.140. The van der Waals surface area contributed by atoms with E-state index in [0.29, 0.717) is 10.0 Å². The largest absolute Gasteiger partial charge is 0.469 e. The molecule has 0 radical (unpaired) electrons. The van der Waals surface area contributed by atoms with E-state index in [1.807, 2.05) is 0 Å². The number of carbonyl (C=O) groups is 2. The minimum atomic E-state index is -0.400. The number of rotatable bonds is 6. The first kappa shape index (κ1) is 15.6. The molecule has 1 aromatic rings. The summed E-state index contributed by atoms with van der Waals surface area (Å²) < 4.78 is 5.21. The lowest BCUT2D eigenvalue weighted by atomic mass is 10.2. The van der Waals surface area contributed by atoms with Crippen molar-refractivity contribution in [1.29, 1.82) is 0 Å². The number of aliphatic hydroxyl groups excluding tert-OH is 1. The zero-order valence-electron chi connectivity index (χ0n) is 10.5. The second-order valence-corrected chi connectivity index (χ2v) is 4.65. The Labute approximate surface area is 119 Å². The Morgan fingerprint density at radius 1 is 1.42 bits per heavy atom. The molecule has 104 valence electrons. The molecule has 0 aliphatic heterocycles. The highest BCUT2D eigenvalue weighted by molar-refractivity contribution is 9.10. The molecule has 1 amide bonds. The molecule has 0 bridgehead atoms. The van der Waals surface area contributed by atoms with Gasteiger partial charge < -0.3 is 14.7 Å². The van der Waals surface area contributed by atoms with Crippen LogP contribution in [0.2, 0.25) is 0 Å². The van der Waals surface area contributed by atoms with Crippen LogP contribution >= 0.6 is 15.9 Å². The van der Waals surface area contributed by atoms with E-state index < -0.39 is 5.97 Å². The van der Waals surface area contributed by atoms with Gasteiger partial charge in [-0.05, 0) is 22.0 Å². The summed E-state index contributed by atoms with van der Waals surface area (Å²) in [5.41, 5.74) is 0.396. The number of methoxy groups -OCH3 is 1. The maximum Gasteiger partial charge on any atom is 0.307 e. The normalized spacial score (nSPS) is 10.1. The van der Waals surface area contributed by atoms with E-state index in [9.17, 15) is 9.59 Å². The number of aromatic nitrogens is 1. The lowest BCUT2D eigenvalue weighted by Crippen LogP contribution is -2.35. The summed E-state index contributed by atoms with van der Waals surface area (Å²) in [5, 5.41) is 8.97. The standard InChI is InChI=1S/C12H15BrN2O4/c1-19-11(17)2-3-15(4-5-16)12(18)9-6-10(13)8-14-7-9/h6-8,16H,2-5H2,1H3. The molecule has 0 saturated heterocycles. The third-order valence-corrected chi connectivity index (χ3v) is 2.86. The first-order valence-electron chi connectivity index (χ1n) is 5.66. The quantitative estimate of drug-likeness (QED) is 0.782. The number of esters is 1. The molecule has 7 heteroatoms. The van der Waals surface area contributed by atoms with Crippen molar-refractivity contribution in [2.75, 3.05) is 26.8 Å². The molecule has 0 spiro atoms. The van der Waals surface area contributed by atoms with Gasteiger partial charge in [-0.3, -0.25) is 14.6 Å². The SMILES string of the molecule is COC(=O)CCN(CCO)C(=O)c1cncc(Br)c1. The fourth-order valence-electron chi connectivity index (χ4n) is 1.48. The van der Waals surface area contributed by atoms with Crippen molar-refractivity contribution in [2.24, 2.45) is 0 Å². The smallest absolute Gasteiger partial charge is 0.307 e. The lowest BCUT2D eigenvalue weighted by Gasteiger charge is -2.21. The molecule has 0 fully saturated rings. The Bertz CT molecular complexity index is 453. The third-order valence-electron chi connectivity index (χ3n) is 2.42. The van der Waals surface area contributed by atoms with Gasteiger partial charge in [-0.15, -0.1) is 0 Å². The monoisotopic (exact) mass is 330 g/mol. The number of aliphatic hydroxyl groups is 1. The molecular weight excluding hydrogens is 316 g/mol. The van der Waals surface area contributed by atoms with E-state index in [4.69, 9.17) is 5.11 Å². The van der Waals surface area contributed by atoms with Gasteiger partial charge in [0.1, 0.15) is 0 Å². The molecule has 1 N–H and O–H groups in total. The van der Waals surface area contributed by atoms with Gasteiger partial charge in [0.05, 0.1) is 25.7 Å². The molecule has 0 saturated carbocycles. The van der Waals surface area contributed by atoms with Crippen molar-refractivity contribution in [1.82, 2.24) is 9.88 Å². The highest BCUT2D eigenvalue weighted by atomic mass is 79.9. The molecule has 0 unspecified atom stereocenters. The number of hydrogen-bond acceptors (Lipinski definition) is 5. The summed E-state index contributed by atoms with van der Waals surface area (Å²) in [4.78, 5) is 28.6.